The molecule has 0 radical (unpaired) electrons. The molecule has 204 valence electrons. The summed E-state index contributed by atoms with van der Waals surface area (Å²) in [6.45, 7) is 1.54. The summed E-state index contributed by atoms with van der Waals surface area (Å²) in [6, 6.07) is 4.04. The van der Waals surface area contributed by atoms with E-state index in [1.54, 1.807) is 22.5 Å². The van der Waals surface area contributed by atoms with Gasteiger partial charge >= 0.3 is 0 Å². The lowest BCUT2D eigenvalue weighted by Crippen LogP contribution is -2.54. The van der Waals surface area contributed by atoms with E-state index in [2.05, 4.69) is 10.6 Å². The number of hydrogen-bond donors (Lipinski definition) is 3. The Morgan fingerprint density at radius 2 is 1.68 bits per heavy atom. The third-order valence-electron chi connectivity index (χ3n) is 7.00. The van der Waals surface area contributed by atoms with Crippen LogP contribution in [0.15, 0.2) is 18.2 Å². The molecule has 0 bridgehead atoms. The van der Waals surface area contributed by atoms with Gasteiger partial charge in [0.05, 0.1) is 16.9 Å². The number of nitrogens with zero attached hydrogens (tertiary/aromatic N) is 2. The monoisotopic (exact) mass is 555 g/mol. The Balaban J connectivity index is 0.00000380. The number of carbonyl (C=O) groups is 4. The molecule has 13 heteroatoms. The largest absolute Gasteiger partial charge is 0.384 e. The Labute approximate surface area is 223 Å². The van der Waals surface area contributed by atoms with Gasteiger partial charge in [-0.3, -0.25) is 29.4 Å². The highest BCUT2D eigenvalue weighted by Gasteiger charge is 2.45. The second-order valence-corrected chi connectivity index (χ2v) is 11.7. The van der Waals surface area contributed by atoms with Gasteiger partial charge in [-0.2, -0.15) is 0 Å². The molecule has 0 saturated carbocycles. The molecule has 3 aliphatic rings. The maximum Gasteiger partial charge on any atom is 0.264 e. The normalized spacial score (nSPS) is 21.0. The van der Waals surface area contributed by atoms with E-state index in [0.717, 1.165) is 24.2 Å². The van der Waals surface area contributed by atoms with Crippen molar-refractivity contribution in [3.8, 4) is 0 Å². The Morgan fingerprint density at radius 1 is 0.973 bits per heavy atom. The molecule has 4 N–H and O–H groups in total. The average molecular weight is 556 g/mol. The molecule has 3 aliphatic heterocycles. The van der Waals surface area contributed by atoms with Gasteiger partial charge in [-0.25, -0.2) is 12.7 Å². The molecule has 0 spiro atoms. The first-order chi connectivity index (χ1) is 17.2. The molecule has 4 rings (SSSR count). The molecule has 2 fully saturated rings. The van der Waals surface area contributed by atoms with Gasteiger partial charge in [0.15, 0.2) is 0 Å². The van der Waals surface area contributed by atoms with Gasteiger partial charge < -0.3 is 11.1 Å². The smallest absolute Gasteiger partial charge is 0.264 e. The number of rotatable bonds is 10. The Bertz CT molecular complexity index is 1150. The summed E-state index contributed by atoms with van der Waals surface area (Å²) in [5.41, 5.74) is 6.84. The predicted molar refractivity (Wildman–Crippen MR) is 140 cm³/mol. The third kappa shape index (κ3) is 6.49. The summed E-state index contributed by atoms with van der Waals surface area (Å²) in [7, 11) is -3.24. The Morgan fingerprint density at radius 3 is 2.38 bits per heavy atom. The lowest BCUT2D eigenvalue weighted by molar-refractivity contribution is -0.136. The van der Waals surface area contributed by atoms with E-state index < -0.39 is 39.7 Å². The lowest BCUT2D eigenvalue weighted by Gasteiger charge is -2.29. The van der Waals surface area contributed by atoms with Crippen LogP contribution in [0.3, 0.4) is 0 Å². The van der Waals surface area contributed by atoms with Crippen LogP contribution in [-0.2, 0) is 19.6 Å². The van der Waals surface area contributed by atoms with Gasteiger partial charge in [-0.15, -0.1) is 12.4 Å². The first-order valence-electron chi connectivity index (χ1n) is 12.5. The zero-order valence-corrected chi connectivity index (χ0v) is 22.2. The van der Waals surface area contributed by atoms with Crippen LogP contribution in [-0.4, -0.2) is 78.7 Å². The molecule has 3 heterocycles. The zero-order chi connectivity index (χ0) is 25.9. The van der Waals surface area contributed by atoms with Crippen LogP contribution in [0.25, 0.3) is 0 Å². The van der Waals surface area contributed by atoms with Crippen LogP contribution in [0, 0.1) is 0 Å². The van der Waals surface area contributed by atoms with Gasteiger partial charge in [0, 0.05) is 37.8 Å². The number of carbonyl (C=O) groups excluding carboxylic acids is 4. The van der Waals surface area contributed by atoms with Crippen LogP contribution in [0.4, 0.5) is 5.69 Å². The molecular weight excluding hydrogens is 522 g/mol. The Kier molecular flexibility index (Phi) is 9.68. The van der Waals surface area contributed by atoms with Crippen LogP contribution < -0.4 is 16.4 Å². The predicted octanol–water partition coefficient (Wildman–Crippen LogP) is 1.23. The highest BCUT2D eigenvalue weighted by Crippen LogP contribution is 2.32. The standard InChI is InChI=1S/C24H33N5O6S.ClH/c25-16-10-13-28(14-11-16)36(34,35)15-4-2-1-3-12-26-18-7-5-6-17-21(18)24(33)29(23(17)32)19-8-9-20(30)27-22(19)31;/h5-7,16,19,26H,1-4,8-15,25H2,(H,27,30,31);1H. The topological polar surface area (TPSA) is 159 Å². The van der Waals surface area contributed by atoms with Gasteiger partial charge in [-0.1, -0.05) is 18.9 Å². The van der Waals surface area contributed by atoms with Crippen molar-refractivity contribution in [1.82, 2.24) is 14.5 Å². The molecule has 11 nitrogen and oxygen atoms in total. The quantitative estimate of drug-likeness (QED) is 0.287. The van der Waals surface area contributed by atoms with Crippen LogP contribution in [0.1, 0.15) is 72.1 Å². The molecule has 0 aliphatic carbocycles. The fourth-order valence-corrected chi connectivity index (χ4v) is 6.53. The molecule has 0 aromatic heterocycles. The molecule has 37 heavy (non-hydrogen) atoms. The minimum atomic E-state index is -3.24. The summed E-state index contributed by atoms with van der Waals surface area (Å²) in [4.78, 5) is 50.6. The SMILES string of the molecule is Cl.NC1CCN(S(=O)(=O)CCCCCCNc2cccc3c2C(=O)N(C2CCC(=O)NC2=O)C3=O)CC1. The maximum absolute atomic E-state index is 13.1. The molecule has 1 atom stereocenters. The van der Waals surface area contributed by atoms with Crippen molar-refractivity contribution in [2.75, 3.05) is 30.7 Å². The molecule has 4 amide bonds. The van der Waals surface area contributed by atoms with E-state index in [1.165, 1.54) is 0 Å². The van der Waals surface area contributed by atoms with Gasteiger partial charge in [0.2, 0.25) is 21.8 Å². The fourth-order valence-electron chi connectivity index (χ4n) is 4.93. The number of amides is 4. The van der Waals surface area contributed by atoms with Crippen LogP contribution in [0.2, 0.25) is 0 Å². The fraction of sp³-hybridized carbons (Fsp3) is 0.583. The number of nitrogens with one attached hydrogen (secondary N) is 2. The van der Waals surface area contributed by atoms with E-state index in [4.69, 9.17) is 5.73 Å². The van der Waals surface area contributed by atoms with Crippen molar-refractivity contribution in [2.45, 2.75) is 63.5 Å². The minimum absolute atomic E-state index is 0. The number of halogens is 1. The highest BCUT2D eigenvalue weighted by atomic mass is 35.5. The van der Waals surface area contributed by atoms with E-state index in [9.17, 15) is 27.6 Å². The molecular formula is C24H34ClN5O6S. The number of nitrogens with two attached hydrogens (primary N) is 1. The number of anilines is 1. The van der Waals surface area contributed by atoms with Gasteiger partial charge in [0.25, 0.3) is 11.8 Å². The van der Waals surface area contributed by atoms with Crippen molar-refractivity contribution >= 4 is 51.7 Å². The van der Waals surface area contributed by atoms with Crippen molar-refractivity contribution in [3.05, 3.63) is 29.3 Å². The van der Waals surface area contributed by atoms with Crippen LogP contribution in [0.5, 0.6) is 0 Å². The first kappa shape index (κ1) is 29.0. The second kappa shape index (κ2) is 12.3. The van der Waals surface area contributed by atoms with E-state index in [1.807, 2.05) is 0 Å². The number of fused-ring (bicyclic) bond motifs is 1. The third-order valence-corrected chi connectivity index (χ3v) is 8.96. The molecule has 2 saturated heterocycles. The second-order valence-electron chi connectivity index (χ2n) is 9.57. The first-order valence-corrected chi connectivity index (χ1v) is 14.1. The Hall–Kier alpha value is -2.54. The lowest BCUT2D eigenvalue weighted by atomic mass is 10.0. The molecule has 1 unspecified atom stereocenters. The van der Waals surface area contributed by atoms with Crippen molar-refractivity contribution in [1.29, 1.82) is 0 Å². The van der Waals surface area contributed by atoms with Gasteiger partial charge in [0.1, 0.15) is 6.04 Å². The van der Waals surface area contributed by atoms with Crippen molar-refractivity contribution in [3.63, 3.8) is 0 Å². The van der Waals surface area contributed by atoms with Gasteiger partial charge in [-0.05, 0) is 44.2 Å². The van der Waals surface area contributed by atoms with E-state index in [-0.39, 0.29) is 48.2 Å². The number of sulfonamides is 1. The van der Waals surface area contributed by atoms with Crippen molar-refractivity contribution in [2.24, 2.45) is 5.73 Å². The molecule has 1 aromatic rings. The number of imide groups is 2. The maximum atomic E-state index is 13.1. The number of piperidine rings is 2. The highest BCUT2D eigenvalue weighted by molar-refractivity contribution is 7.89. The summed E-state index contributed by atoms with van der Waals surface area (Å²) in [6.07, 6.45) is 4.52. The van der Waals surface area contributed by atoms with Crippen LogP contribution >= 0.6 is 12.4 Å². The van der Waals surface area contributed by atoms with Crippen molar-refractivity contribution < 1.29 is 27.6 Å². The summed E-state index contributed by atoms with van der Waals surface area (Å²) >= 11 is 0. The van der Waals surface area contributed by atoms with E-state index >= 15 is 0 Å². The molecule has 1 aromatic carbocycles. The number of hydrogen-bond acceptors (Lipinski definition) is 8. The summed E-state index contributed by atoms with van der Waals surface area (Å²) < 4.78 is 26.5. The summed E-state index contributed by atoms with van der Waals surface area (Å²) in [5, 5.41) is 5.40. The van der Waals surface area contributed by atoms with E-state index in [0.29, 0.717) is 44.6 Å². The number of benzene rings is 1. The average Bonchev–Trinajstić information content (AvgIpc) is 3.09. The number of unbranched alkanes of at least 4 members (excludes halogenated alkanes) is 3. The zero-order valence-electron chi connectivity index (χ0n) is 20.6. The minimum Gasteiger partial charge on any atom is -0.384 e. The summed E-state index contributed by atoms with van der Waals surface area (Å²) in [5.74, 6) is -2.00.